The second kappa shape index (κ2) is 10.1. The van der Waals surface area contributed by atoms with Crippen LogP contribution in [-0.2, 0) is 6.54 Å². The normalized spacial score (nSPS) is 12.3. The third kappa shape index (κ3) is 4.54. The molecule has 3 aromatic carbocycles. The molecule has 0 aliphatic rings. The number of methoxy groups -OCH3 is 1. The number of aromatic nitrogens is 4. The molecule has 38 heavy (non-hydrogen) atoms. The zero-order chi connectivity index (χ0) is 27.0. The molecular weight excluding hydrogens is 478 g/mol. The van der Waals surface area contributed by atoms with Crippen molar-refractivity contribution in [2.75, 3.05) is 7.11 Å². The second-order valence-electron chi connectivity index (χ2n) is 9.68. The van der Waals surface area contributed by atoms with E-state index in [1.807, 2.05) is 66.3 Å². The summed E-state index contributed by atoms with van der Waals surface area (Å²) < 4.78 is 9.25. The number of nitrogens with two attached hydrogens (primary N) is 1. The summed E-state index contributed by atoms with van der Waals surface area (Å²) in [7, 11) is 1.56. The van der Waals surface area contributed by atoms with Crippen molar-refractivity contribution in [1.29, 1.82) is 0 Å². The van der Waals surface area contributed by atoms with Crippen molar-refractivity contribution in [3.05, 3.63) is 95.3 Å². The number of aliphatic hydroxyl groups is 1. The molecule has 0 saturated carbocycles. The number of carbonyl (C=O) groups excluding carboxylic acids is 1. The van der Waals surface area contributed by atoms with Gasteiger partial charge in [0, 0.05) is 34.0 Å². The lowest BCUT2D eigenvalue weighted by atomic mass is 9.95. The van der Waals surface area contributed by atoms with Gasteiger partial charge in [0.2, 0.25) is 5.91 Å². The van der Waals surface area contributed by atoms with Crippen LogP contribution in [0.25, 0.3) is 27.8 Å². The van der Waals surface area contributed by atoms with Gasteiger partial charge in [-0.15, -0.1) is 0 Å². The average molecular weight is 510 g/mol. The molecule has 0 bridgehead atoms. The summed E-state index contributed by atoms with van der Waals surface area (Å²) in [4.78, 5) is 11.7. The average Bonchev–Trinajstić information content (AvgIpc) is 3.48. The number of nitrogens with zero attached hydrogens (tertiary/aromatic N) is 4. The van der Waals surface area contributed by atoms with E-state index in [1.54, 1.807) is 30.0 Å². The Morgan fingerprint density at radius 1 is 1.05 bits per heavy atom. The molecular formula is C30H31N5O3. The van der Waals surface area contributed by atoms with Crippen molar-refractivity contribution < 1.29 is 14.6 Å². The number of aliphatic hydroxyl groups excluding tert-OH is 1. The van der Waals surface area contributed by atoms with Gasteiger partial charge in [-0.05, 0) is 42.7 Å². The molecule has 5 rings (SSSR count). The van der Waals surface area contributed by atoms with Crippen molar-refractivity contribution >= 4 is 16.8 Å². The molecule has 0 spiro atoms. The molecule has 0 fully saturated rings. The molecule has 0 saturated heterocycles. The van der Waals surface area contributed by atoms with Gasteiger partial charge >= 0.3 is 0 Å². The summed E-state index contributed by atoms with van der Waals surface area (Å²) in [5, 5.41) is 21.5. The van der Waals surface area contributed by atoms with Crippen LogP contribution in [0.4, 0.5) is 0 Å². The number of amides is 1. The predicted molar refractivity (Wildman–Crippen MR) is 148 cm³/mol. The quantitative estimate of drug-likeness (QED) is 0.300. The summed E-state index contributed by atoms with van der Waals surface area (Å²) >= 11 is 0. The zero-order valence-corrected chi connectivity index (χ0v) is 21.9. The molecule has 0 aliphatic heterocycles. The molecule has 3 N–H and O–H groups in total. The fraction of sp³-hybridized carbons (Fsp3) is 0.233. The Morgan fingerprint density at radius 3 is 2.50 bits per heavy atom. The van der Waals surface area contributed by atoms with Crippen LogP contribution in [-0.4, -0.2) is 37.7 Å². The molecule has 1 amide bonds. The van der Waals surface area contributed by atoms with E-state index in [0.29, 0.717) is 17.9 Å². The Hall–Kier alpha value is -4.43. The van der Waals surface area contributed by atoms with Crippen LogP contribution in [0.3, 0.4) is 0 Å². The van der Waals surface area contributed by atoms with Gasteiger partial charge in [-0.25, -0.2) is 4.68 Å². The number of hydrogen-bond acceptors (Lipinski definition) is 5. The van der Waals surface area contributed by atoms with Crippen molar-refractivity contribution in [2.24, 2.45) is 5.73 Å². The number of hydrogen-bond donors (Lipinski definition) is 2. The van der Waals surface area contributed by atoms with E-state index in [0.717, 1.165) is 44.7 Å². The smallest absolute Gasteiger partial charge is 0.248 e. The van der Waals surface area contributed by atoms with E-state index in [1.165, 1.54) is 0 Å². The Kier molecular flexibility index (Phi) is 6.73. The van der Waals surface area contributed by atoms with Gasteiger partial charge in [-0.2, -0.15) is 10.2 Å². The summed E-state index contributed by atoms with van der Waals surface area (Å²) in [5.74, 6) is 0.186. The number of benzene rings is 3. The first kappa shape index (κ1) is 25.2. The van der Waals surface area contributed by atoms with Crippen LogP contribution in [0.5, 0.6) is 5.75 Å². The number of carbonyl (C=O) groups is 1. The maximum absolute atomic E-state index is 11.7. The lowest BCUT2D eigenvalue weighted by molar-refractivity contribution is 0.1000. The fourth-order valence-corrected chi connectivity index (χ4v) is 4.99. The van der Waals surface area contributed by atoms with Gasteiger partial charge in [0.1, 0.15) is 11.4 Å². The third-order valence-corrected chi connectivity index (χ3v) is 6.83. The fourth-order valence-electron chi connectivity index (χ4n) is 4.99. The Labute approximate surface area is 221 Å². The van der Waals surface area contributed by atoms with Gasteiger partial charge in [0.25, 0.3) is 0 Å². The molecule has 8 heteroatoms. The molecule has 2 aromatic heterocycles. The van der Waals surface area contributed by atoms with Crippen LogP contribution in [0, 0.1) is 6.92 Å². The maximum atomic E-state index is 11.7. The van der Waals surface area contributed by atoms with Gasteiger partial charge in [-0.1, -0.05) is 56.3 Å². The molecule has 1 atom stereocenters. The maximum Gasteiger partial charge on any atom is 0.248 e. The van der Waals surface area contributed by atoms with E-state index in [2.05, 4.69) is 13.8 Å². The summed E-state index contributed by atoms with van der Waals surface area (Å²) in [6.45, 7) is 6.66. The Morgan fingerprint density at radius 2 is 1.82 bits per heavy atom. The van der Waals surface area contributed by atoms with E-state index in [4.69, 9.17) is 20.7 Å². The molecule has 0 aliphatic carbocycles. The zero-order valence-electron chi connectivity index (χ0n) is 21.9. The first-order valence-corrected chi connectivity index (χ1v) is 12.6. The van der Waals surface area contributed by atoms with Gasteiger partial charge in [0.05, 0.1) is 31.0 Å². The van der Waals surface area contributed by atoms with E-state index in [-0.39, 0.29) is 5.92 Å². The number of primary amides is 1. The van der Waals surface area contributed by atoms with E-state index in [9.17, 15) is 9.90 Å². The SMILES string of the molecule is COc1cc(C(N)=O)ccc1-n1nc(-c2cccc3nn(C[C@H](O)c4ccccc4)cc23)c(C(C)C)c1C. The lowest BCUT2D eigenvalue weighted by Gasteiger charge is -2.12. The Bertz CT molecular complexity index is 1620. The topological polar surface area (TPSA) is 108 Å². The highest BCUT2D eigenvalue weighted by Crippen LogP contribution is 2.37. The summed E-state index contributed by atoms with van der Waals surface area (Å²) in [6.07, 6.45) is 1.30. The van der Waals surface area contributed by atoms with Gasteiger partial charge < -0.3 is 15.6 Å². The minimum atomic E-state index is -0.669. The van der Waals surface area contributed by atoms with Gasteiger partial charge in [0.15, 0.2) is 0 Å². The van der Waals surface area contributed by atoms with Crippen LogP contribution >= 0.6 is 0 Å². The van der Waals surface area contributed by atoms with Crippen molar-refractivity contribution in [3.63, 3.8) is 0 Å². The first-order chi connectivity index (χ1) is 18.3. The van der Waals surface area contributed by atoms with Crippen molar-refractivity contribution in [2.45, 2.75) is 39.3 Å². The highest BCUT2D eigenvalue weighted by molar-refractivity contribution is 5.95. The van der Waals surface area contributed by atoms with Crippen LogP contribution in [0.2, 0.25) is 0 Å². The lowest BCUT2D eigenvalue weighted by Crippen LogP contribution is -2.12. The Balaban J connectivity index is 1.61. The molecule has 0 unspecified atom stereocenters. The van der Waals surface area contributed by atoms with Crippen LogP contribution < -0.4 is 10.5 Å². The monoisotopic (exact) mass is 509 g/mol. The minimum absolute atomic E-state index is 0.194. The number of ether oxygens (including phenoxy) is 1. The molecule has 8 nitrogen and oxygen atoms in total. The number of rotatable bonds is 8. The van der Waals surface area contributed by atoms with Crippen LogP contribution in [0.1, 0.15) is 53.0 Å². The van der Waals surface area contributed by atoms with Crippen LogP contribution in [0.15, 0.2) is 72.9 Å². The van der Waals surface area contributed by atoms with Gasteiger partial charge in [-0.3, -0.25) is 9.48 Å². The first-order valence-electron chi connectivity index (χ1n) is 12.6. The number of fused-ring (bicyclic) bond motifs is 1. The van der Waals surface area contributed by atoms with E-state index >= 15 is 0 Å². The molecule has 194 valence electrons. The second-order valence-corrected chi connectivity index (χ2v) is 9.68. The minimum Gasteiger partial charge on any atom is -0.494 e. The van der Waals surface area contributed by atoms with Crippen molar-refractivity contribution in [1.82, 2.24) is 19.6 Å². The van der Waals surface area contributed by atoms with E-state index < -0.39 is 12.0 Å². The van der Waals surface area contributed by atoms with Crippen molar-refractivity contribution in [3.8, 4) is 22.7 Å². The summed E-state index contributed by atoms with van der Waals surface area (Å²) in [6, 6.07) is 20.7. The summed E-state index contributed by atoms with van der Waals surface area (Å²) in [5.41, 5.74) is 12.1. The molecule has 2 heterocycles. The highest BCUT2D eigenvalue weighted by Gasteiger charge is 2.23. The highest BCUT2D eigenvalue weighted by atomic mass is 16.5. The predicted octanol–water partition coefficient (Wildman–Crippen LogP) is 5.16. The standard InChI is InChI=1S/C30H31N5O3/c1-18(2)28-19(3)35(25-14-13-21(30(31)37)15-27(25)38-4)33-29(28)22-11-8-12-24-23(22)16-34(32-24)17-26(36)20-9-6-5-7-10-20/h5-16,18,26,36H,17H2,1-4H3,(H2,31,37)/t26-/m0/s1. The molecule has 5 aromatic rings. The molecule has 0 radical (unpaired) electrons. The third-order valence-electron chi connectivity index (χ3n) is 6.83. The largest absolute Gasteiger partial charge is 0.494 e.